The highest BCUT2D eigenvalue weighted by Crippen LogP contribution is 2.18. The second kappa shape index (κ2) is 7.49. The van der Waals surface area contributed by atoms with Crippen molar-refractivity contribution in [2.24, 2.45) is 0 Å². The van der Waals surface area contributed by atoms with Gasteiger partial charge in [0.2, 0.25) is 0 Å². The van der Waals surface area contributed by atoms with Crippen molar-refractivity contribution in [3.05, 3.63) is 30.1 Å². The molecule has 3 nitrogen and oxygen atoms in total. The van der Waals surface area contributed by atoms with Crippen molar-refractivity contribution in [2.75, 3.05) is 13.2 Å². The number of pyridine rings is 1. The van der Waals surface area contributed by atoms with Crippen molar-refractivity contribution < 1.29 is 4.74 Å². The first-order valence-corrected chi connectivity index (χ1v) is 7.12. The van der Waals surface area contributed by atoms with E-state index in [4.69, 9.17) is 4.74 Å². The molecule has 0 aromatic carbocycles. The molecule has 1 fully saturated rings. The van der Waals surface area contributed by atoms with Gasteiger partial charge in [0.15, 0.2) is 0 Å². The van der Waals surface area contributed by atoms with Crippen molar-refractivity contribution >= 4 is 0 Å². The molecule has 2 rings (SSSR count). The van der Waals surface area contributed by atoms with E-state index in [2.05, 4.69) is 29.4 Å². The molecule has 0 aliphatic carbocycles. The fourth-order valence-electron chi connectivity index (χ4n) is 2.64. The summed E-state index contributed by atoms with van der Waals surface area (Å²) in [6.45, 7) is 4.13. The number of ether oxygens (including phenoxy) is 1. The molecule has 2 unspecified atom stereocenters. The first-order valence-electron chi connectivity index (χ1n) is 7.12. The molecule has 0 saturated carbocycles. The van der Waals surface area contributed by atoms with Crippen LogP contribution < -0.4 is 5.32 Å². The smallest absolute Gasteiger partial charge is 0.0590 e. The van der Waals surface area contributed by atoms with Crippen molar-refractivity contribution in [2.45, 2.75) is 51.2 Å². The van der Waals surface area contributed by atoms with Gasteiger partial charge in [0.05, 0.1) is 6.10 Å². The van der Waals surface area contributed by atoms with Crippen LogP contribution in [-0.2, 0) is 11.2 Å². The van der Waals surface area contributed by atoms with Gasteiger partial charge in [-0.15, -0.1) is 0 Å². The van der Waals surface area contributed by atoms with Crippen LogP contribution in [0.25, 0.3) is 0 Å². The monoisotopic (exact) mass is 248 g/mol. The van der Waals surface area contributed by atoms with E-state index in [0.717, 1.165) is 26.0 Å². The molecule has 1 aromatic rings. The van der Waals surface area contributed by atoms with Gasteiger partial charge in [-0.1, -0.05) is 6.92 Å². The predicted molar refractivity (Wildman–Crippen MR) is 73.6 cm³/mol. The molecule has 2 heterocycles. The SMILES string of the molecule is CCNC(Cc1ccncc1)CC1CCCCO1. The molecule has 100 valence electrons. The second-order valence-electron chi connectivity index (χ2n) is 5.04. The summed E-state index contributed by atoms with van der Waals surface area (Å²) >= 11 is 0. The summed E-state index contributed by atoms with van der Waals surface area (Å²) in [5.74, 6) is 0. The first-order chi connectivity index (χ1) is 8.88. The summed E-state index contributed by atoms with van der Waals surface area (Å²) in [7, 11) is 0. The van der Waals surface area contributed by atoms with Crippen LogP contribution in [0.2, 0.25) is 0 Å². The highest BCUT2D eigenvalue weighted by Gasteiger charge is 2.19. The van der Waals surface area contributed by atoms with E-state index in [1.807, 2.05) is 12.4 Å². The molecule has 0 bridgehead atoms. The number of hydrogen-bond donors (Lipinski definition) is 1. The molecule has 3 heteroatoms. The maximum absolute atomic E-state index is 5.84. The van der Waals surface area contributed by atoms with Gasteiger partial charge >= 0.3 is 0 Å². The van der Waals surface area contributed by atoms with E-state index in [0.29, 0.717) is 12.1 Å². The Kier molecular flexibility index (Phi) is 5.62. The minimum atomic E-state index is 0.449. The zero-order chi connectivity index (χ0) is 12.6. The third-order valence-corrected chi connectivity index (χ3v) is 3.55. The van der Waals surface area contributed by atoms with Crippen molar-refractivity contribution in [3.63, 3.8) is 0 Å². The van der Waals surface area contributed by atoms with Gasteiger partial charge in [-0.2, -0.15) is 0 Å². The van der Waals surface area contributed by atoms with Gasteiger partial charge in [-0.3, -0.25) is 4.98 Å². The fraction of sp³-hybridized carbons (Fsp3) is 0.667. The molecular weight excluding hydrogens is 224 g/mol. The molecule has 18 heavy (non-hydrogen) atoms. The normalized spacial score (nSPS) is 21.7. The Morgan fingerprint density at radius 2 is 2.22 bits per heavy atom. The lowest BCUT2D eigenvalue weighted by molar-refractivity contribution is 0.00535. The van der Waals surface area contributed by atoms with Crippen LogP contribution in [0.5, 0.6) is 0 Å². The summed E-state index contributed by atoms with van der Waals surface area (Å²) in [6, 6.07) is 4.72. The summed E-state index contributed by atoms with van der Waals surface area (Å²) in [4.78, 5) is 4.07. The third-order valence-electron chi connectivity index (χ3n) is 3.55. The standard InChI is InChI=1S/C15H24N2O/c1-2-17-14(11-13-6-8-16-9-7-13)12-15-5-3-4-10-18-15/h6-9,14-15,17H,2-5,10-12H2,1H3. The quantitative estimate of drug-likeness (QED) is 0.840. The van der Waals surface area contributed by atoms with E-state index in [1.54, 1.807) is 0 Å². The van der Waals surface area contributed by atoms with Crippen LogP contribution in [0.3, 0.4) is 0 Å². The lowest BCUT2D eigenvalue weighted by atomic mass is 9.97. The van der Waals surface area contributed by atoms with Gasteiger partial charge in [0.1, 0.15) is 0 Å². The Morgan fingerprint density at radius 1 is 1.39 bits per heavy atom. The summed E-state index contributed by atoms with van der Waals surface area (Å²) in [6.07, 6.45) is 10.1. The Labute approximate surface area is 110 Å². The molecule has 0 spiro atoms. The summed E-state index contributed by atoms with van der Waals surface area (Å²) < 4.78 is 5.84. The van der Waals surface area contributed by atoms with Gasteiger partial charge in [-0.25, -0.2) is 0 Å². The van der Waals surface area contributed by atoms with E-state index in [-0.39, 0.29) is 0 Å². The lowest BCUT2D eigenvalue weighted by Gasteiger charge is -2.27. The topological polar surface area (TPSA) is 34.2 Å². The van der Waals surface area contributed by atoms with Gasteiger partial charge < -0.3 is 10.1 Å². The molecule has 2 atom stereocenters. The van der Waals surface area contributed by atoms with Crippen molar-refractivity contribution in [1.29, 1.82) is 0 Å². The number of likely N-dealkylation sites (N-methyl/N-ethyl adjacent to an activating group) is 1. The minimum absolute atomic E-state index is 0.449. The first kappa shape index (κ1) is 13.5. The number of rotatable bonds is 6. The van der Waals surface area contributed by atoms with Crippen LogP contribution in [0, 0.1) is 0 Å². The van der Waals surface area contributed by atoms with Crippen LogP contribution in [-0.4, -0.2) is 30.3 Å². The largest absolute Gasteiger partial charge is 0.378 e. The second-order valence-corrected chi connectivity index (χ2v) is 5.04. The zero-order valence-electron chi connectivity index (χ0n) is 11.3. The fourth-order valence-corrected chi connectivity index (χ4v) is 2.64. The van der Waals surface area contributed by atoms with Crippen molar-refractivity contribution in [1.82, 2.24) is 10.3 Å². The van der Waals surface area contributed by atoms with E-state index in [9.17, 15) is 0 Å². The molecule has 1 aliphatic rings. The molecule has 1 saturated heterocycles. The average Bonchev–Trinajstić information content (AvgIpc) is 2.41. The Morgan fingerprint density at radius 3 is 2.89 bits per heavy atom. The highest BCUT2D eigenvalue weighted by molar-refractivity contribution is 5.11. The molecule has 1 aromatic heterocycles. The molecule has 0 amide bonds. The Hall–Kier alpha value is -0.930. The third kappa shape index (κ3) is 4.39. The summed E-state index contributed by atoms with van der Waals surface area (Å²) in [5.41, 5.74) is 1.35. The van der Waals surface area contributed by atoms with E-state index in [1.165, 1.54) is 24.8 Å². The van der Waals surface area contributed by atoms with Crippen LogP contribution in [0.15, 0.2) is 24.5 Å². The number of nitrogens with one attached hydrogen (secondary N) is 1. The number of nitrogens with zero attached hydrogens (tertiary/aromatic N) is 1. The van der Waals surface area contributed by atoms with Crippen LogP contribution >= 0.6 is 0 Å². The van der Waals surface area contributed by atoms with Gasteiger partial charge in [-0.05, 0) is 56.3 Å². The van der Waals surface area contributed by atoms with Gasteiger partial charge in [0, 0.05) is 25.0 Å². The maximum Gasteiger partial charge on any atom is 0.0590 e. The molecule has 1 N–H and O–H groups in total. The Balaban J connectivity index is 1.86. The van der Waals surface area contributed by atoms with Crippen molar-refractivity contribution in [3.8, 4) is 0 Å². The number of aromatic nitrogens is 1. The molecule has 1 aliphatic heterocycles. The van der Waals surface area contributed by atoms with Gasteiger partial charge in [0.25, 0.3) is 0 Å². The van der Waals surface area contributed by atoms with Crippen LogP contribution in [0.1, 0.15) is 38.2 Å². The highest BCUT2D eigenvalue weighted by atomic mass is 16.5. The zero-order valence-corrected chi connectivity index (χ0v) is 11.3. The molecular formula is C15H24N2O. The Bertz CT molecular complexity index is 323. The maximum atomic E-state index is 5.84. The van der Waals surface area contributed by atoms with Crippen LogP contribution in [0.4, 0.5) is 0 Å². The number of hydrogen-bond acceptors (Lipinski definition) is 3. The van der Waals surface area contributed by atoms with E-state index >= 15 is 0 Å². The lowest BCUT2D eigenvalue weighted by Crippen LogP contribution is -2.36. The average molecular weight is 248 g/mol. The van der Waals surface area contributed by atoms with E-state index < -0.39 is 0 Å². The minimum Gasteiger partial charge on any atom is -0.378 e. The summed E-state index contributed by atoms with van der Waals surface area (Å²) in [5, 5.41) is 3.58. The molecule has 0 radical (unpaired) electrons. The predicted octanol–water partition coefficient (Wildman–Crippen LogP) is 2.56.